The minimum absolute atomic E-state index is 0.0720. The molecule has 5 heteroatoms. The van der Waals surface area contributed by atoms with Crippen LogP contribution in [0.4, 0.5) is 11.5 Å². The van der Waals surface area contributed by atoms with Gasteiger partial charge in [-0.15, -0.1) is 0 Å². The maximum Gasteiger partial charge on any atom is 0.251 e. The first-order valence-electron chi connectivity index (χ1n) is 9.51. The minimum Gasteiger partial charge on any atom is -0.352 e. The van der Waals surface area contributed by atoms with Crippen molar-refractivity contribution in [2.24, 2.45) is 5.92 Å². The van der Waals surface area contributed by atoms with E-state index in [1.807, 2.05) is 50.3 Å². The molecule has 28 heavy (non-hydrogen) atoms. The van der Waals surface area contributed by atoms with Crippen molar-refractivity contribution in [3.05, 3.63) is 65.4 Å². The summed E-state index contributed by atoms with van der Waals surface area (Å²) >= 11 is 0. The van der Waals surface area contributed by atoms with Gasteiger partial charge in [0.05, 0.1) is 11.5 Å². The van der Waals surface area contributed by atoms with Crippen LogP contribution in [-0.2, 0) is 10.2 Å². The largest absolute Gasteiger partial charge is 0.352 e. The summed E-state index contributed by atoms with van der Waals surface area (Å²) in [7, 11) is 0. The van der Waals surface area contributed by atoms with Crippen molar-refractivity contribution in [2.75, 3.05) is 23.3 Å². The van der Waals surface area contributed by atoms with Gasteiger partial charge in [-0.25, -0.2) is 4.98 Å². The van der Waals surface area contributed by atoms with Gasteiger partial charge in [0, 0.05) is 36.5 Å². The number of pyridine rings is 1. The molecule has 1 aromatic carbocycles. The second-order valence-electron chi connectivity index (χ2n) is 7.88. The first-order valence-corrected chi connectivity index (χ1v) is 9.51. The third-order valence-electron chi connectivity index (χ3n) is 5.24. The predicted molar refractivity (Wildman–Crippen MR) is 112 cm³/mol. The number of aromatic nitrogens is 1. The number of nitriles is 1. The van der Waals surface area contributed by atoms with E-state index in [-0.39, 0.29) is 11.8 Å². The lowest BCUT2D eigenvalue weighted by Crippen LogP contribution is -2.37. The van der Waals surface area contributed by atoms with E-state index in [1.165, 1.54) is 0 Å². The molecule has 1 atom stereocenters. The minimum atomic E-state index is -0.546. The number of hydrogen-bond donors (Lipinski definition) is 1. The van der Waals surface area contributed by atoms with E-state index in [2.05, 4.69) is 41.2 Å². The van der Waals surface area contributed by atoms with Crippen molar-refractivity contribution in [2.45, 2.75) is 33.1 Å². The number of carbonyl (C=O) groups excluding carboxylic acids is 1. The van der Waals surface area contributed by atoms with E-state index >= 15 is 0 Å². The summed E-state index contributed by atoms with van der Waals surface area (Å²) in [4.78, 5) is 19.4. The Bertz CT molecular complexity index is 938. The van der Waals surface area contributed by atoms with Gasteiger partial charge >= 0.3 is 0 Å². The van der Waals surface area contributed by atoms with Gasteiger partial charge in [-0.3, -0.25) is 4.79 Å². The van der Waals surface area contributed by atoms with Crippen molar-refractivity contribution >= 4 is 17.4 Å². The molecule has 0 unspecified atom stereocenters. The molecular weight excluding hydrogens is 348 g/mol. The standard InChI is InChI=1S/C23H26N4O/c1-16-6-5-12-25-21(16)27-13-11-20(17(2)14-27)22(28)26-19-9-7-18(8-10-19)23(3,4)15-24/h5-12,17H,13-14H2,1-4H3,(H,26,28)/t17-/m1/s1. The summed E-state index contributed by atoms with van der Waals surface area (Å²) in [5, 5.41) is 12.2. The lowest BCUT2D eigenvalue weighted by atomic mass is 9.86. The van der Waals surface area contributed by atoms with E-state index in [4.69, 9.17) is 0 Å². The number of benzene rings is 1. The number of hydrogen-bond acceptors (Lipinski definition) is 4. The molecule has 3 rings (SSSR count). The molecule has 1 aromatic heterocycles. The van der Waals surface area contributed by atoms with Crippen molar-refractivity contribution < 1.29 is 4.79 Å². The fourth-order valence-electron chi connectivity index (χ4n) is 3.45. The molecule has 1 aliphatic heterocycles. The Morgan fingerprint density at radius 2 is 2.00 bits per heavy atom. The van der Waals surface area contributed by atoms with E-state index in [0.29, 0.717) is 6.54 Å². The number of nitrogens with one attached hydrogen (secondary N) is 1. The molecule has 144 valence electrons. The summed E-state index contributed by atoms with van der Waals surface area (Å²) in [5.41, 5.74) is 3.05. The molecule has 2 heterocycles. The average molecular weight is 374 g/mol. The second kappa shape index (κ2) is 7.85. The number of nitrogens with zero attached hydrogens (tertiary/aromatic N) is 3. The van der Waals surface area contributed by atoms with Crippen LogP contribution in [-0.4, -0.2) is 24.0 Å². The molecule has 0 saturated heterocycles. The van der Waals surface area contributed by atoms with Crippen LogP contribution in [0.5, 0.6) is 0 Å². The summed E-state index contributed by atoms with van der Waals surface area (Å²) in [5.74, 6) is 1.00. The van der Waals surface area contributed by atoms with Crippen LogP contribution in [0, 0.1) is 24.2 Å². The highest BCUT2D eigenvalue weighted by atomic mass is 16.1. The summed E-state index contributed by atoms with van der Waals surface area (Å²) in [6.45, 7) is 9.30. The van der Waals surface area contributed by atoms with E-state index in [1.54, 1.807) is 6.20 Å². The summed E-state index contributed by atoms with van der Waals surface area (Å²) in [6.07, 6.45) is 3.79. The number of rotatable bonds is 4. The highest BCUT2D eigenvalue weighted by Gasteiger charge is 2.25. The molecule has 1 aliphatic rings. The predicted octanol–water partition coefficient (Wildman–Crippen LogP) is 4.21. The number of amides is 1. The SMILES string of the molecule is Cc1cccnc1N1CC=C(C(=O)Nc2ccc(C(C)(C)C#N)cc2)[C@H](C)C1. The first kappa shape index (κ1) is 19.6. The van der Waals surface area contributed by atoms with Gasteiger partial charge in [0.25, 0.3) is 5.91 Å². The molecule has 2 aromatic rings. The number of anilines is 2. The normalized spacial score (nSPS) is 16.9. The quantitative estimate of drug-likeness (QED) is 0.870. The van der Waals surface area contributed by atoms with E-state index in [0.717, 1.165) is 34.8 Å². The lowest BCUT2D eigenvalue weighted by Gasteiger charge is -2.32. The molecule has 0 spiro atoms. The van der Waals surface area contributed by atoms with Gasteiger partial charge in [0.2, 0.25) is 0 Å². The van der Waals surface area contributed by atoms with Gasteiger partial charge in [0.1, 0.15) is 5.82 Å². The molecular formula is C23H26N4O. The summed E-state index contributed by atoms with van der Waals surface area (Å²) < 4.78 is 0. The molecule has 0 saturated carbocycles. The maximum atomic E-state index is 12.8. The zero-order chi connectivity index (χ0) is 20.3. The Morgan fingerprint density at radius 1 is 1.29 bits per heavy atom. The molecule has 0 fully saturated rings. The van der Waals surface area contributed by atoms with Crippen LogP contribution in [0.25, 0.3) is 0 Å². The topological polar surface area (TPSA) is 69.0 Å². The molecule has 5 nitrogen and oxygen atoms in total. The third kappa shape index (κ3) is 4.07. The van der Waals surface area contributed by atoms with Crippen molar-refractivity contribution in [3.8, 4) is 6.07 Å². The van der Waals surface area contributed by atoms with Gasteiger partial charge in [-0.05, 0) is 50.1 Å². The van der Waals surface area contributed by atoms with Crippen LogP contribution >= 0.6 is 0 Å². The van der Waals surface area contributed by atoms with Crippen LogP contribution in [0.15, 0.2) is 54.2 Å². The smallest absolute Gasteiger partial charge is 0.251 e. The summed E-state index contributed by atoms with van der Waals surface area (Å²) in [6, 6.07) is 13.8. The van der Waals surface area contributed by atoms with E-state index in [9.17, 15) is 10.1 Å². The number of carbonyl (C=O) groups is 1. The van der Waals surface area contributed by atoms with Gasteiger partial charge in [0.15, 0.2) is 0 Å². The molecule has 0 aliphatic carbocycles. The second-order valence-corrected chi connectivity index (χ2v) is 7.88. The molecule has 0 radical (unpaired) electrons. The van der Waals surface area contributed by atoms with Crippen LogP contribution < -0.4 is 10.2 Å². The van der Waals surface area contributed by atoms with Crippen LogP contribution in [0.2, 0.25) is 0 Å². The van der Waals surface area contributed by atoms with E-state index < -0.39 is 5.41 Å². The number of aryl methyl sites for hydroxylation is 1. The van der Waals surface area contributed by atoms with Crippen molar-refractivity contribution in [1.82, 2.24) is 4.98 Å². The highest BCUT2D eigenvalue weighted by Crippen LogP contribution is 2.26. The molecule has 0 bridgehead atoms. The van der Waals surface area contributed by atoms with Crippen LogP contribution in [0.1, 0.15) is 31.9 Å². The average Bonchev–Trinajstić information content (AvgIpc) is 2.68. The fourth-order valence-corrected chi connectivity index (χ4v) is 3.45. The van der Waals surface area contributed by atoms with Gasteiger partial charge in [-0.1, -0.05) is 31.2 Å². The third-order valence-corrected chi connectivity index (χ3v) is 5.24. The lowest BCUT2D eigenvalue weighted by molar-refractivity contribution is -0.113. The molecule has 1 amide bonds. The molecule has 1 N–H and O–H groups in total. The van der Waals surface area contributed by atoms with Crippen molar-refractivity contribution in [1.29, 1.82) is 5.26 Å². The Morgan fingerprint density at radius 3 is 2.61 bits per heavy atom. The fraction of sp³-hybridized carbons (Fsp3) is 0.348. The zero-order valence-electron chi connectivity index (χ0n) is 16.9. The maximum absolute atomic E-state index is 12.8. The highest BCUT2D eigenvalue weighted by molar-refractivity contribution is 6.04. The Labute approximate surface area is 166 Å². The first-order chi connectivity index (χ1) is 13.3. The Hall–Kier alpha value is -3.13. The Balaban J connectivity index is 1.70. The van der Waals surface area contributed by atoms with Gasteiger partial charge < -0.3 is 10.2 Å². The van der Waals surface area contributed by atoms with Crippen molar-refractivity contribution in [3.63, 3.8) is 0 Å². The monoisotopic (exact) mass is 374 g/mol. The van der Waals surface area contributed by atoms with Gasteiger partial charge in [-0.2, -0.15) is 5.26 Å². The zero-order valence-corrected chi connectivity index (χ0v) is 16.9. The van der Waals surface area contributed by atoms with Crippen LogP contribution in [0.3, 0.4) is 0 Å². The Kier molecular flexibility index (Phi) is 5.51.